The number of carbonyl (C=O) groups is 1. The van der Waals surface area contributed by atoms with Gasteiger partial charge in [0.05, 0.1) is 0 Å². The molecule has 2 atom stereocenters. The maximum atomic E-state index is 12.0. The molecule has 2 rings (SSSR count). The van der Waals surface area contributed by atoms with Crippen molar-refractivity contribution in [1.82, 2.24) is 15.1 Å². The van der Waals surface area contributed by atoms with E-state index < -0.39 is 0 Å². The van der Waals surface area contributed by atoms with Crippen LogP contribution in [0.2, 0.25) is 0 Å². The van der Waals surface area contributed by atoms with Crippen molar-refractivity contribution in [3.63, 3.8) is 0 Å². The van der Waals surface area contributed by atoms with E-state index in [9.17, 15) is 4.79 Å². The Hall–Kier alpha value is -1.03. The van der Waals surface area contributed by atoms with Crippen molar-refractivity contribution in [2.45, 2.75) is 25.7 Å². The van der Waals surface area contributed by atoms with Crippen LogP contribution in [0.25, 0.3) is 0 Å². The van der Waals surface area contributed by atoms with Gasteiger partial charge in [0, 0.05) is 25.7 Å². The molecule has 0 bridgehead atoms. The smallest absolute Gasteiger partial charge is 0.269 e. The minimum Gasteiger partial charge on any atom is -0.350 e. The molecule has 2 unspecified atom stereocenters. The van der Waals surface area contributed by atoms with Gasteiger partial charge in [0.2, 0.25) is 0 Å². The maximum Gasteiger partial charge on any atom is 0.269 e. The van der Waals surface area contributed by atoms with Crippen LogP contribution in [0.4, 0.5) is 0 Å². The number of aryl methyl sites for hydroxylation is 1. The largest absolute Gasteiger partial charge is 0.350 e. The van der Waals surface area contributed by atoms with E-state index in [0.29, 0.717) is 23.4 Å². The van der Waals surface area contributed by atoms with Crippen LogP contribution in [0.5, 0.6) is 0 Å². The molecule has 0 spiro atoms. The molecule has 1 saturated carbocycles. The molecular formula is C13H20ClN3O. The lowest BCUT2D eigenvalue weighted by molar-refractivity contribution is 0.0927. The molecule has 1 fully saturated rings. The second-order valence-electron chi connectivity index (χ2n) is 5.01. The number of amides is 1. The normalized spacial score (nSPS) is 23.9. The summed E-state index contributed by atoms with van der Waals surface area (Å²) in [6, 6.07) is 1.73. The minimum atomic E-state index is -0.0473. The summed E-state index contributed by atoms with van der Waals surface area (Å²) in [6.45, 7) is 0.724. The number of hydrogen-bond donors (Lipinski definition) is 1. The van der Waals surface area contributed by atoms with Crippen molar-refractivity contribution in [1.29, 1.82) is 0 Å². The van der Waals surface area contributed by atoms with Crippen LogP contribution in [0.3, 0.4) is 0 Å². The van der Waals surface area contributed by atoms with E-state index in [1.54, 1.807) is 24.0 Å². The van der Waals surface area contributed by atoms with E-state index in [4.69, 9.17) is 11.6 Å². The average molecular weight is 270 g/mol. The number of rotatable bonds is 4. The molecule has 1 aromatic heterocycles. The Morgan fingerprint density at radius 3 is 2.83 bits per heavy atom. The molecule has 5 heteroatoms. The third-order valence-corrected chi connectivity index (χ3v) is 4.24. The first-order chi connectivity index (χ1) is 8.72. The zero-order valence-electron chi connectivity index (χ0n) is 10.7. The molecule has 1 aromatic rings. The van der Waals surface area contributed by atoms with Crippen molar-refractivity contribution < 1.29 is 4.79 Å². The molecule has 0 aromatic carbocycles. The van der Waals surface area contributed by atoms with E-state index in [0.717, 1.165) is 6.54 Å². The summed E-state index contributed by atoms with van der Waals surface area (Å²) >= 11 is 5.99. The van der Waals surface area contributed by atoms with Gasteiger partial charge in [-0.2, -0.15) is 5.10 Å². The number of nitrogens with zero attached hydrogens (tertiary/aromatic N) is 2. The zero-order valence-corrected chi connectivity index (χ0v) is 11.5. The third-order valence-electron chi connectivity index (χ3n) is 3.84. The Bertz CT molecular complexity index is 405. The summed E-state index contributed by atoms with van der Waals surface area (Å²) in [5.74, 6) is 1.72. The summed E-state index contributed by atoms with van der Waals surface area (Å²) in [7, 11) is 1.77. The van der Waals surface area contributed by atoms with E-state index >= 15 is 0 Å². The van der Waals surface area contributed by atoms with Gasteiger partial charge in [-0.1, -0.05) is 12.8 Å². The monoisotopic (exact) mass is 269 g/mol. The molecule has 4 nitrogen and oxygen atoms in total. The SMILES string of the molecule is Cn1nccc1C(=O)NCC1CCCCC1CCl. The summed E-state index contributed by atoms with van der Waals surface area (Å²) in [5.41, 5.74) is 0.605. The first-order valence-electron chi connectivity index (χ1n) is 6.54. The van der Waals surface area contributed by atoms with Crippen molar-refractivity contribution >= 4 is 17.5 Å². The Kier molecular flexibility index (Phi) is 4.64. The van der Waals surface area contributed by atoms with Gasteiger partial charge in [0.25, 0.3) is 5.91 Å². The molecular weight excluding hydrogens is 250 g/mol. The minimum absolute atomic E-state index is 0.0473. The topological polar surface area (TPSA) is 46.9 Å². The van der Waals surface area contributed by atoms with Crippen LogP contribution < -0.4 is 5.32 Å². The van der Waals surface area contributed by atoms with Crippen molar-refractivity contribution in [2.75, 3.05) is 12.4 Å². The standard InChI is InChI=1S/C13H20ClN3O/c1-17-12(6-7-16-17)13(18)15-9-11-5-3-2-4-10(11)8-14/h6-7,10-11H,2-5,8-9H2,1H3,(H,15,18). The quantitative estimate of drug-likeness (QED) is 0.852. The number of aromatic nitrogens is 2. The lowest BCUT2D eigenvalue weighted by Gasteiger charge is -2.30. The molecule has 1 amide bonds. The van der Waals surface area contributed by atoms with Crippen molar-refractivity contribution in [3.8, 4) is 0 Å². The molecule has 0 saturated heterocycles. The van der Waals surface area contributed by atoms with Crippen LogP contribution in [-0.2, 0) is 7.05 Å². The number of carbonyl (C=O) groups excluding carboxylic acids is 1. The summed E-state index contributed by atoms with van der Waals surface area (Å²) in [6.07, 6.45) is 6.51. The Labute approximate surface area is 113 Å². The van der Waals surface area contributed by atoms with Crippen molar-refractivity contribution in [3.05, 3.63) is 18.0 Å². The number of hydrogen-bond acceptors (Lipinski definition) is 2. The van der Waals surface area contributed by atoms with E-state index in [1.165, 1.54) is 25.7 Å². The first kappa shape index (κ1) is 13.4. The van der Waals surface area contributed by atoms with Gasteiger partial charge in [-0.05, 0) is 30.7 Å². The Morgan fingerprint density at radius 2 is 2.22 bits per heavy atom. The highest BCUT2D eigenvalue weighted by molar-refractivity contribution is 6.18. The highest BCUT2D eigenvalue weighted by Gasteiger charge is 2.25. The van der Waals surface area contributed by atoms with Crippen LogP contribution >= 0.6 is 11.6 Å². The highest BCUT2D eigenvalue weighted by Crippen LogP contribution is 2.30. The Balaban J connectivity index is 1.87. The van der Waals surface area contributed by atoms with Crippen LogP contribution in [0.1, 0.15) is 36.2 Å². The highest BCUT2D eigenvalue weighted by atomic mass is 35.5. The maximum absolute atomic E-state index is 12.0. The lowest BCUT2D eigenvalue weighted by atomic mass is 9.80. The molecule has 1 heterocycles. The molecule has 1 aliphatic rings. The average Bonchev–Trinajstić information content (AvgIpc) is 2.82. The summed E-state index contributed by atoms with van der Waals surface area (Å²) in [5, 5.41) is 7.00. The second-order valence-corrected chi connectivity index (χ2v) is 5.32. The number of halogens is 1. The van der Waals surface area contributed by atoms with Gasteiger partial charge in [0.15, 0.2) is 0 Å². The molecule has 100 valence electrons. The van der Waals surface area contributed by atoms with Gasteiger partial charge in [-0.25, -0.2) is 0 Å². The van der Waals surface area contributed by atoms with E-state index in [1.807, 2.05) is 0 Å². The summed E-state index contributed by atoms with van der Waals surface area (Å²) < 4.78 is 1.59. The summed E-state index contributed by atoms with van der Waals surface area (Å²) in [4.78, 5) is 12.0. The molecule has 18 heavy (non-hydrogen) atoms. The number of alkyl halides is 1. The van der Waals surface area contributed by atoms with Crippen LogP contribution in [-0.4, -0.2) is 28.1 Å². The third kappa shape index (κ3) is 3.05. The zero-order chi connectivity index (χ0) is 13.0. The molecule has 0 radical (unpaired) electrons. The fourth-order valence-electron chi connectivity index (χ4n) is 2.67. The fraction of sp³-hybridized carbons (Fsp3) is 0.692. The van der Waals surface area contributed by atoms with Crippen LogP contribution in [0.15, 0.2) is 12.3 Å². The van der Waals surface area contributed by atoms with Crippen molar-refractivity contribution in [2.24, 2.45) is 18.9 Å². The molecule has 1 N–H and O–H groups in total. The van der Waals surface area contributed by atoms with Gasteiger partial charge in [-0.15, -0.1) is 11.6 Å². The van der Waals surface area contributed by atoms with E-state index in [-0.39, 0.29) is 5.91 Å². The molecule has 0 aliphatic heterocycles. The molecule has 1 aliphatic carbocycles. The predicted octanol–water partition coefficient (Wildman–Crippen LogP) is 2.20. The van der Waals surface area contributed by atoms with Gasteiger partial charge in [0.1, 0.15) is 5.69 Å². The van der Waals surface area contributed by atoms with Gasteiger partial charge >= 0.3 is 0 Å². The Morgan fingerprint density at radius 1 is 1.50 bits per heavy atom. The lowest BCUT2D eigenvalue weighted by Crippen LogP contribution is -2.35. The number of nitrogens with one attached hydrogen (secondary N) is 1. The van der Waals surface area contributed by atoms with E-state index in [2.05, 4.69) is 10.4 Å². The first-order valence-corrected chi connectivity index (χ1v) is 7.08. The predicted molar refractivity (Wildman–Crippen MR) is 71.7 cm³/mol. The fourth-order valence-corrected chi connectivity index (χ4v) is 3.07. The van der Waals surface area contributed by atoms with Crippen LogP contribution in [0, 0.1) is 11.8 Å². The van der Waals surface area contributed by atoms with Gasteiger partial charge < -0.3 is 5.32 Å². The second kappa shape index (κ2) is 6.23. The van der Waals surface area contributed by atoms with Gasteiger partial charge in [-0.3, -0.25) is 9.48 Å².